The van der Waals surface area contributed by atoms with E-state index >= 15 is 0 Å². The van der Waals surface area contributed by atoms with E-state index in [1.807, 2.05) is 6.07 Å². The fourth-order valence-electron chi connectivity index (χ4n) is 3.13. The van der Waals surface area contributed by atoms with Crippen LogP contribution < -0.4 is 0 Å². The van der Waals surface area contributed by atoms with Crippen molar-refractivity contribution in [2.24, 2.45) is 0 Å². The molecule has 1 aromatic rings. The molecule has 1 aliphatic rings. The highest BCUT2D eigenvalue weighted by Crippen LogP contribution is 2.54. The minimum atomic E-state index is -4.11. The van der Waals surface area contributed by atoms with Gasteiger partial charge in [0.2, 0.25) is 29.5 Å². The SMILES string of the molecule is O=C(CCP(=O)(O)CCP(=O)(O)CCP(=O)(O)CCP(=O)(O)CCSSc1ccccn1)ON1C(=O)CCC1=O. The minimum Gasteiger partial charge on any atom is -0.344 e. The Balaban J connectivity index is 1.69. The highest BCUT2D eigenvalue weighted by atomic mass is 33.1. The Morgan fingerprint density at radius 3 is 1.75 bits per heavy atom. The zero-order valence-electron chi connectivity index (χ0n) is 21.3. The summed E-state index contributed by atoms with van der Waals surface area (Å²) >= 11 is 0. The molecule has 2 heterocycles. The Morgan fingerprint density at radius 2 is 1.27 bits per heavy atom. The Hall–Kier alpha value is -0.780. The van der Waals surface area contributed by atoms with Gasteiger partial charge in [-0.25, -0.2) is 9.78 Å². The number of carbonyl (C=O) groups excluding carboxylic acids is 3. The molecule has 14 nitrogen and oxygen atoms in total. The summed E-state index contributed by atoms with van der Waals surface area (Å²) in [7, 11) is -13.3. The van der Waals surface area contributed by atoms with Crippen LogP contribution in [-0.4, -0.2) is 102 Å². The summed E-state index contributed by atoms with van der Waals surface area (Å²) in [5.41, 5.74) is 0. The average Bonchev–Trinajstić information content (AvgIpc) is 3.20. The summed E-state index contributed by atoms with van der Waals surface area (Å²) in [6.45, 7) is 0. The fourth-order valence-corrected chi connectivity index (χ4v) is 15.5. The van der Waals surface area contributed by atoms with Crippen LogP contribution in [0.2, 0.25) is 0 Å². The van der Waals surface area contributed by atoms with E-state index in [1.165, 1.54) is 21.6 Å². The number of hydroxylamine groups is 2. The first-order valence-corrected chi connectivity index (χ1v) is 22.4. The number of hydrogen-bond acceptors (Lipinski definition) is 11. The van der Waals surface area contributed by atoms with Crippen LogP contribution in [0.1, 0.15) is 19.3 Å². The maximum absolute atomic E-state index is 12.5. The van der Waals surface area contributed by atoms with Crippen LogP contribution in [-0.2, 0) is 37.5 Å². The summed E-state index contributed by atoms with van der Waals surface area (Å²) in [5.74, 6) is -2.18. The largest absolute Gasteiger partial charge is 0.344 e. The molecular weight excluding hydrogens is 648 g/mol. The van der Waals surface area contributed by atoms with E-state index in [0.717, 1.165) is 5.03 Å². The Labute approximate surface area is 239 Å². The molecule has 4 atom stereocenters. The van der Waals surface area contributed by atoms with E-state index in [1.54, 1.807) is 18.3 Å². The highest BCUT2D eigenvalue weighted by molar-refractivity contribution is 8.76. The molecule has 0 aliphatic carbocycles. The first-order chi connectivity index (χ1) is 18.5. The van der Waals surface area contributed by atoms with Gasteiger partial charge in [-0.2, -0.15) is 0 Å². The summed E-state index contributed by atoms with van der Waals surface area (Å²) in [5, 5.41) is 1.04. The smallest absolute Gasteiger partial charge is 0.333 e. The van der Waals surface area contributed by atoms with Crippen molar-refractivity contribution < 1.29 is 57.1 Å². The normalized spacial score (nSPS) is 19.9. The van der Waals surface area contributed by atoms with Gasteiger partial charge in [-0.15, -0.1) is 5.06 Å². The lowest BCUT2D eigenvalue weighted by molar-refractivity contribution is -0.197. The van der Waals surface area contributed by atoms with E-state index in [4.69, 9.17) is 0 Å². The molecule has 0 aromatic carbocycles. The number of imide groups is 1. The standard InChI is InChI=1S/C20H32N2O12P4S2/c23-18-4-5-19(24)22(18)34-20(25)6-8-35(26,27)9-10-36(28,29)11-12-37(30,31)13-14-38(32,33)15-16-39-40-17-3-1-2-7-21-17/h1-3,7H,4-6,8-16H2,(H,26,27)(H,28,29)(H,30,31)(H,32,33). The summed E-state index contributed by atoms with van der Waals surface area (Å²) in [6, 6.07) is 5.36. The number of rotatable bonds is 18. The number of hydrogen-bond donors (Lipinski definition) is 4. The lowest BCUT2D eigenvalue weighted by atomic mass is 10.4. The molecule has 4 unspecified atom stereocenters. The molecule has 4 N–H and O–H groups in total. The third kappa shape index (κ3) is 13.9. The molecule has 1 saturated heterocycles. The van der Waals surface area contributed by atoms with Gasteiger partial charge in [0.05, 0.1) is 6.42 Å². The van der Waals surface area contributed by atoms with Crippen LogP contribution in [0.25, 0.3) is 0 Å². The topological polar surface area (TPSA) is 226 Å². The monoisotopic (exact) mass is 680 g/mol. The van der Waals surface area contributed by atoms with Gasteiger partial charge in [0, 0.05) is 74.1 Å². The lowest BCUT2D eigenvalue weighted by Gasteiger charge is -2.18. The molecule has 2 rings (SSSR count). The summed E-state index contributed by atoms with van der Waals surface area (Å²) < 4.78 is 49.6. The van der Waals surface area contributed by atoms with Crippen LogP contribution in [0.3, 0.4) is 0 Å². The van der Waals surface area contributed by atoms with Crippen molar-refractivity contribution in [2.45, 2.75) is 24.3 Å². The van der Waals surface area contributed by atoms with Gasteiger partial charge in [-0.1, -0.05) is 16.9 Å². The number of nitrogens with zero attached hydrogens (tertiary/aromatic N) is 2. The Morgan fingerprint density at radius 1 is 0.800 bits per heavy atom. The van der Waals surface area contributed by atoms with Crippen LogP contribution in [0.4, 0.5) is 0 Å². The first-order valence-electron chi connectivity index (χ1n) is 12.0. The van der Waals surface area contributed by atoms with Crippen molar-refractivity contribution in [2.75, 3.05) is 55.0 Å². The van der Waals surface area contributed by atoms with Crippen molar-refractivity contribution in [3.63, 3.8) is 0 Å². The van der Waals surface area contributed by atoms with Gasteiger partial charge in [0.15, 0.2) is 0 Å². The van der Waals surface area contributed by atoms with Gasteiger partial charge >= 0.3 is 5.97 Å². The first kappa shape index (κ1) is 35.4. The third-order valence-corrected chi connectivity index (χ3v) is 16.6. The molecule has 40 heavy (non-hydrogen) atoms. The number of aromatic nitrogens is 1. The van der Waals surface area contributed by atoms with Crippen LogP contribution >= 0.6 is 51.1 Å². The summed E-state index contributed by atoms with van der Waals surface area (Å²) in [4.78, 5) is 83.9. The van der Waals surface area contributed by atoms with Gasteiger partial charge in [-0.3, -0.25) is 27.8 Å². The van der Waals surface area contributed by atoms with Crippen molar-refractivity contribution in [3.05, 3.63) is 24.4 Å². The van der Waals surface area contributed by atoms with E-state index < -0.39 is 96.8 Å². The van der Waals surface area contributed by atoms with Gasteiger partial charge < -0.3 is 24.4 Å². The molecule has 1 aliphatic heterocycles. The maximum atomic E-state index is 12.5. The van der Waals surface area contributed by atoms with E-state index in [2.05, 4.69) is 9.82 Å². The Bertz CT molecular complexity index is 1240. The van der Waals surface area contributed by atoms with Crippen molar-refractivity contribution in [3.8, 4) is 0 Å². The zero-order valence-corrected chi connectivity index (χ0v) is 26.6. The highest BCUT2D eigenvalue weighted by Gasteiger charge is 2.34. The second kappa shape index (κ2) is 15.6. The van der Waals surface area contributed by atoms with Crippen molar-refractivity contribution in [1.29, 1.82) is 0 Å². The lowest BCUT2D eigenvalue weighted by Crippen LogP contribution is -2.32. The van der Waals surface area contributed by atoms with Crippen LogP contribution in [0.5, 0.6) is 0 Å². The van der Waals surface area contributed by atoms with Crippen LogP contribution in [0.15, 0.2) is 29.4 Å². The molecule has 0 radical (unpaired) electrons. The molecule has 1 fully saturated rings. The molecule has 2 amide bonds. The van der Waals surface area contributed by atoms with Gasteiger partial charge in [0.1, 0.15) is 5.03 Å². The maximum Gasteiger partial charge on any atom is 0.333 e. The minimum absolute atomic E-state index is 0.0834. The quantitative estimate of drug-likeness (QED) is 0.0757. The molecular formula is C20H32N2O12P4S2. The fraction of sp³-hybridized carbons (Fsp3) is 0.600. The Kier molecular flexibility index (Phi) is 13.8. The number of amides is 2. The molecule has 20 heteroatoms. The van der Waals surface area contributed by atoms with Crippen molar-refractivity contribution in [1.82, 2.24) is 10.0 Å². The molecule has 0 saturated carbocycles. The second-order valence-corrected chi connectivity index (χ2v) is 21.8. The van der Waals surface area contributed by atoms with E-state index in [9.17, 15) is 52.2 Å². The van der Waals surface area contributed by atoms with Crippen LogP contribution in [0, 0.1) is 0 Å². The van der Waals surface area contributed by atoms with Crippen molar-refractivity contribution >= 4 is 68.8 Å². The second-order valence-electron chi connectivity index (χ2n) is 9.04. The number of carbonyl (C=O) groups is 3. The predicted octanol–water partition coefficient (Wildman–Crippen LogP) is 2.90. The van der Waals surface area contributed by atoms with E-state index in [0.29, 0.717) is 10.8 Å². The predicted molar refractivity (Wildman–Crippen MR) is 153 cm³/mol. The molecule has 1 aromatic heterocycles. The molecule has 226 valence electrons. The average molecular weight is 681 g/mol. The van der Waals surface area contributed by atoms with Gasteiger partial charge in [0.25, 0.3) is 11.8 Å². The summed E-state index contributed by atoms with van der Waals surface area (Å²) in [6.07, 6.45) is -3.39. The zero-order chi connectivity index (χ0) is 30.0. The van der Waals surface area contributed by atoms with Gasteiger partial charge in [-0.05, 0) is 22.9 Å². The molecule has 0 bridgehead atoms. The third-order valence-electron chi connectivity index (χ3n) is 5.57. The number of pyridine rings is 1. The molecule has 0 spiro atoms. The van der Waals surface area contributed by atoms with E-state index in [-0.39, 0.29) is 19.0 Å².